The number of amides is 4. The van der Waals surface area contributed by atoms with Crippen LogP contribution < -0.4 is 21.3 Å². The van der Waals surface area contributed by atoms with Crippen molar-refractivity contribution >= 4 is 29.6 Å². The first-order valence-corrected chi connectivity index (χ1v) is 20.6. The molecule has 57 heavy (non-hydrogen) atoms. The molecule has 11 nitrogen and oxygen atoms in total. The number of nitrogens with one attached hydrogen (secondary N) is 4. The van der Waals surface area contributed by atoms with Gasteiger partial charge in [-0.15, -0.1) is 0 Å². The summed E-state index contributed by atoms with van der Waals surface area (Å²) in [6.45, 7) is 10.0. The van der Waals surface area contributed by atoms with Crippen molar-refractivity contribution in [2.75, 3.05) is 19.7 Å². The lowest BCUT2D eigenvalue weighted by Gasteiger charge is -2.30. The maximum atomic E-state index is 14.5. The zero-order valence-corrected chi connectivity index (χ0v) is 34.7. The molecule has 4 amide bonds. The standard InChI is InChI=1S/C44H66F2N4O7/c1-6-9-13-20-38(51)49-35(26-33-25-34(45)23-24-36(33)46)27-40(53)47-30-44(4,5)31-48-43(55)42(57-41(54)22-15-11-8-3)37(50-39(52)21-14-10-7-2)29-56-28-32-18-16-12-17-19-32/h12,16-19,23-25,35,37,42H,6-11,13-15,20-22,26-31H2,1-5H3,(H,47,53)(H,48,55)(H,49,51)(H,50,52). The van der Waals surface area contributed by atoms with Crippen LogP contribution in [0.25, 0.3) is 0 Å². The number of hydrogen-bond donors (Lipinski definition) is 4. The third-order valence-corrected chi connectivity index (χ3v) is 9.41. The van der Waals surface area contributed by atoms with E-state index in [4.69, 9.17) is 9.47 Å². The van der Waals surface area contributed by atoms with E-state index in [1.807, 2.05) is 65.0 Å². The van der Waals surface area contributed by atoms with Gasteiger partial charge < -0.3 is 30.7 Å². The fourth-order valence-electron chi connectivity index (χ4n) is 6.03. The molecule has 0 aliphatic heterocycles. The average Bonchev–Trinajstić information content (AvgIpc) is 3.17. The first-order valence-electron chi connectivity index (χ1n) is 20.6. The molecule has 0 spiro atoms. The minimum absolute atomic E-state index is 0.0474. The second kappa shape index (κ2) is 27.3. The molecule has 4 N–H and O–H groups in total. The Morgan fingerprint density at radius 1 is 0.719 bits per heavy atom. The molecule has 0 saturated heterocycles. The topological polar surface area (TPSA) is 152 Å². The summed E-state index contributed by atoms with van der Waals surface area (Å²) in [6.07, 6.45) is 6.18. The van der Waals surface area contributed by atoms with E-state index >= 15 is 0 Å². The van der Waals surface area contributed by atoms with Crippen molar-refractivity contribution in [3.63, 3.8) is 0 Å². The Labute approximate surface area is 338 Å². The van der Waals surface area contributed by atoms with Crippen molar-refractivity contribution in [1.29, 1.82) is 0 Å². The number of esters is 1. The van der Waals surface area contributed by atoms with E-state index in [9.17, 15) is 32.8 Å². The predicted molar refractivity (Wildman–Crippen MR) is 217 cm³/mol. The van der Waals surface area contributed by atoms with Gasteiger partial charge in [-0.25, -0.2) is 8.78 Å². The van der Waals surface area contributed by atoms with E-state index in [0.717, 1.165) is 62.3 Å². The number of carbonyl (C=O) groups is 5. The molecular weight excluding hydrogens is 735 g/mol. The molecule has 2 aromatic rings. The van der Waals surface area contributed by atoms with Crippen molar-refractivity contribution < 1.29 is 42.2 Å². The van der Waals surface area contributed by atoms with E-state index in [0.29, 0.717) is 19.3 Å². The number of ether oxygens (including phenoxy) is 2. The zero-order chi connectivity index (χ0) is 42.1. The van der Waals surface area contributed by atoms with Crippen molar-refractivity contribution in [2.45, 2.75) is 149 Å². The van der Waals surface area contributed by atoms with Gasteiger partial charge in [-0.2, -0.15) is 0 Å². The monoisotopic (exact) mass is 800 g/mol. The van der Waals surface area contributed by atoms with Gasteiger partial charge in [0.1, 0.15) is 11.6 Å². The Balaban J connectivity index is 2.16. The molecule has 0 bridgehead atoms. The third-order valence-electron chi connectivity index (χ3n) is 9.41. The van der Waals surface area contributed by atoms with Crippen LogP contribution in [0, 0.1) is 17.0 Å². The van der Waals surface area contributed by atoms with E-state index in [1.54, 1.807) is 0 Å². The van der Waals surface area contributed by atoms with Crippen LogP contribution in [0.1, 0.15) is 129 Å². The lowest BCUT2D eigenvalue weighted by Crippen LogP contribution is -2.56. The van der Waals surface area contributed by atoms with Crippen molar-refractivity contribution in [3.8, 4) is 0 Å². The molecule has 2 rings (SSSR count). The van der Waals surface area contributed by atoms with E-state index in [-0.39, 0.29) is 75.8 Å². The normalized spacial score (nSPS) is 12.9. The smallest absolute Gasteiger partial charge is 0.306 e. The summed E-state index contributed by atoms with van der Waals surface area (Å²) < 4.78 is 40.2. The summed E-state index contributed by atoms with van der Waals surface area (Å²) in [7, 11) is 0. The summed E-state index contributed by atoms with van der Waals surface area (Å²) >= 11 is 0. The molecule has 0 aliphatic rings. The van der Waals surface area contributed by atoms with Crippen molar-refractivity contribution in [1.82, 2.24) is 21.3 Å². The van der Waals surface area contributed by atoms with Gasteiger partial charge in [-0.05, 0) is 60.4 Å². The highest BCUT2D eigenvalue weighted by Crippen LogP contribution is 2.17. The van der Waals surface area contributed by atoms with Gasteiger partial charge in [0, 0.05) is 44.8 Å². The number of carbonyl (C=O) groups excluding carboxylic acids is 5. The van der Waals surface area contributed by atoms with Gasteiger partial charge in [0.2, 0.25) is 23.8 Å². The Morgan fingerprint density at radius 2 is 1.32 bits per heavy atom. The van der Waals surface area contributed by atoms with Crippen LogP contribution in [-0.4, -0.2) is 67.5 Å². The summed E-state index contributed by atoms with van der Waals surface area (Å²) in [5.41, 5.74) is 0.233. The Bertz CT molecular complexity index is 1530. The van der Waals surface area contributed by atoms with Crippen LogP contribution in [0.5, 0.6) is 0 Å². The molecular formula is C44H66F2N4O7. The molecule has 0 saturated carbocycles. The third kappa shape index (κ3) is 21.1. The van der Waals surface area contributed by atoms with E-state index < -0.39 is 53.0 Å². The quantitative estimate of drug-likeness (QED) is 0.0511. The minimum atomic E-state index is -1.39. The van der Waals surface area contributed by atoms with E-state index in [1.165, 1.54) is 0 Å². The molecule has 0 aliphatic carbocycles. The molecule has 0 fully saturated rings. The largest absolute Gasteiger partial charge is 0.450 e. The van der Waals surface area contributed by atoms with Crippen LogP contribution in [0.2, 0.25) is 0 Å². The van der Waals surface area contributed by atoms with Crippen LogP contribution in [0.4, 0.5) is 8.78 Å². The first kappa shape index (κ1) is 48.8. The van der Waals surface area contributed by atoms with Gasteiger partial charge in [0.05, 0.1) is 19.3 Å². The second-order valence-electron chi connectivity index (χ2n) is 15.5. The highest BCUT2D eigenvalue weighted by molar-refractivity contribution is 5.86. The number of halogens is 2. The molecule has 0 heterocycles. The second-order valence-corrected chi connectivity index (χ2v) is 15.5. The van der Waals surface area contributed by atoms with Crippen molar-refractivity contribution in [3.05, 3.63) is 71.3 Å². The molecule has 3 atom stereocenters. The minimum Gasteiger partial charge on any atom is -0.450 e. The summed E-state index contributed by atoms with van der Waals surface area (Å²) in [5, 5.41) is 11.4. The Hall–Kier alpha value is -4.39. The zero-order valence-electron chi connectivity index (χ0n) is 34.7. The Kier molecular flexibility index (Phi) is 23.3. The predicted octanol–water partition coefficient (Wildman–Crippen LogP) is 7.00. The van der Waals surface area contributed by atoms with Crippen LogP contribution in [0.15, 0.2) is 48.5 Å². The molecule has 0 radical (unpaired) electrons. The van der Waals surface area contributed by atoms with Crippen LogP contribution in [-0.2, 0) is 46.5 Å². The fraction of sp³-hybridized carbons (Fsp3) is 0.614. The van der Waals surface area contributed by atoms with Crippen LogP contribution in [0.3, 0.4) is 0 Å². The van der Waals surface area contributed by atoms with Gasteiger partial charge in [-0.1, -0.05) is 103 Å². The van der Waals surface area contributed by atoms with Gasteiger partial charge in [0.15, 0.2) is 0 Å². The number of unbranched alkanes of at least 4 members (excludes halogenated alkanes) is 6. The molecule has 3 unspecified atom stereocenters. The first-order chi connectivity index (χ1) is 27.3. The molecule has 2 aromatic carbocycles. The summed E-state index contributed by atoms with van der Waals surface area (Å²) in [4.78, 5) is 65.9. The highest BCUT2D eigenvalue weighted by Gasteiger charge is 2.35. The summed E-state index contributed by atoms with van der Waals surface area (Å²) in [5.74, 6) is -3.42. The van der Waals surface area contributed by atoms with Crippen LogP contribution >= 0.6 is 0 Å². The average molecular weight is 801 g/mol. The molecule has 318 valence electrons. The number of rotatable bonds is 29. The Morgan fingerprint density at radius 3 is 1.95 bits per heavy atom. The number of hydrogen-bond acceptors (Lipinski definition) is 7. The lowest BCUT2D eigenvalue weighted by atomic mass is 9.93. The maximum Gasteiger partial charge on any atom is 0.306 e. The SMILES string of the molecule is CCCCCC(=O)NC(CC(=O)NCC(C)(C)CNC(=O)C(OC(=O)CCCCC)C(COCc1ccccc1)NC(=O)CCCCC)Cc1cc(F)ccc1F. The fourth-order valence-corrected chi connectivity index (χ4v) is 6.03. The molecule has 0 aromatic heterocycles. The molecule has 13 heteroatoms. The van der Waals surface area contributed by atoms with E-state index in [2.05, 4.69) is 21.3 Å². The van der Waals surface area contributed by atoms with Gasteiger partial charge in [0.25, 0.3) is 5.91 Å². The maximum absolute atomic E-state index is 14.5. The number of benzene rings is 2. The van der Waals surface area contributed by atoms with Crippen molar-refractivity contribution in [2.24, 2.45) is 5.41 Å². The van der Waals surface area contributed by atoms with Gasteiger partial charge in [-0.3, -0.25) is 24.0 Å². The summed E-state index contributed by atoms with van der Waals surface area (Å²) in [6, 6.07) is 10.8. The lowest BCUT2D eigenvalue weighted by molar-refractivity contribution is -0.160. The highest BCUT2D eigenvalue weighted by atomic mass is 19.1. The van der Waals surface area contributed by atoms with Gasteiger partial charge >= 0.3 is 5.97 Å².